The van der Waals surface area contributed by atoms with Gasteiger partial charge in [-0.2, -0.15) is 0 Å². The Kier molecular flexibility index (Phi) is 6.03. The fourth-order valence-electron chi connectivity index (χ4n) is 8.88. The quantitative estimate of drug-likeness (QED) is 0.345. The maximum Gasteiger partial charge on any atom is 0.171 e. The summed E-state index contributed by atoms with van der Waals surface area (Å²) in [7, 11) is 9.70. The van der Waals surface area contributed by atoms with Crippen LogP contribution in [0, 0.1) is 17.3 Å². The smallest absolute Gasteiger partial charge is 0.171 e. The van der Waals surface area contributed by atoms with E-state index in [9.17, 15) is 10.2 Å². The minimum Gasteiger partial charge on any atom is -0.386 e. The van der Waals surface area contributed by atoms with E-state index in [1.807, 2.05) is 6.66 Å². The Labute approximate surface area is 218 Å². The van der Waals surface area contributed by atoms with Crippen LogP contribution < -0.4 is 4.90 Å². The molecule has 5 aliphatic rings. The molecular formula is C29H41BNO4P. The molecule has 1 unspecified atom stereocenters. The lowest BCUT2D eigenvalue weighted by Gasteiger charge is -2.58. The molecule has 1 aliphatic heterocycles. The van der Waals surface area contributed by atoms with Crippen LogP contribution in [0.2, 0.25) is 0 Å². The molecule has 2 radical (unpaired) electrons. The van der Waals surface area contributed by atoms with Gasteiger partial charge in [0.05, 0.1) is 24.2 Å². The summed E-state index contributed by atoms with van der Waals surface area (Å²) in [6.07, 6.45) is 6.52. The summed E-state index contributed by atoms with van der Waals surface area (Å²) in [5, 5.41) is 23.4. The average molecular weight is 509 g/mol. The highest BCUT2D eigenvalue weighted by atomic mass is 31.1. The minimum atomic E-state index is -0.988. The molecule has 4 aliphatic carbocycles. The predicted octanol–water partition coefficient (Wildman–Crippen LogP) is 4.90. The second-order valence-corrected chi connectivity index (χ2v) is 14.6. The summed E-state index contributed by atoms with van der Waals surface area (Å²) < 4.78 is 12.1. The second-order valence-electron chi connectivity index (χ2n) is 12.6. The third kappa shape index (κ3) is 3.54. The van der Waals surface area contributed by atoms with Crippen molar-refractivity contribution in [3.63, 3.8) is 0 Å². The minimum absolute atomic E-state index is 0.174. The highest BCUT2D eigenvalue weighted by Gasteiger charge is 2.65. The van der Waals surface area contributed by atoms with E-state index in [1.165, 1.54) is 22.4 Å². The van der Waals surface area contributed by atoms with Crippen molar-refractivity contribution in [3.05, 3.63) is 41.0 Å². The van der Waals surface area contributed by atoms with Crippen molar-refractivity contribution in [2.75, 3.05) is 38.9 Å². The van der Waals surface area contributed by atoms with Crippen molar-refractivity contribution >= 4 is 21.1 Å². The third-order valence-electron chi connectivity index (χ3n) is 10.7. The monoisotopic (exact) mass is 509 g/mol. The number of benzene rings is 1. The third-order valence-corrected chi connectivity index (χ3v) is 12.6. The number of nitrogens with zero attached hydrogens (tertiary/aromatic N) is 1. The molecule has 3 saturated carbocycles. The van der Waals surface area contributed by atoms with Gasteiger partial charge in [-0.3, -0.25) is 0 Å². The van der Waals surface area contributed by atoms with Crippen LogP contribution in [-0.4, -0.2) is 68.5 Å². The molecule has 1 aromatic rings. The average Bonchev–Trinajstić information content (AvgIpc) is 3.40. The maximum absolute atomic E-state index is 12.1. The zero-order valence-electron chi connectivity index (χ0n) is 22.3. The van der Waals surface area contributed by atoms with Gasteiger partial charge in [-0.05, 0) is 73.6 Å². The number of rotatable bonds is 3. The van der Waals surface area contributed by atoms with Gasteiger partial charge >= 0.3 is 0 Å². The molecule has 1 saturated heterocycles. The van der Waals surface area contributed by atoms with Crippen LogP contribution in [0.4, 0.5) is 5.69 Å². The number of fused-ring (bicyclic) bond motifs is 4. The van der Waals surface area contributed by atoms with Crippen molar-refractivity contribution in [1.29, 1.82) is 0 Å². The van der Waals surface area contributed by atoms with Gasteiger partial charge in [0.1, 0.15) is 7.57 Å². The van der Waals surface area contributed by atoms with E-state index in [0.29, 0.717) is 31.5 Å². The molecule has 2 N–H and O–H groups in total. The lowest BCUT2D eigenvalue weighted by Crippen LogP contribution is -2.55. The van der Waals surface area contributed by atoms with Crippen molar-refractivity contribution in [2.45, 2.75) is 80.9 Å². The first-order valence-corrected chi connectivity index (χ1v) is 15.6. The maximum atomic E-state index is 12.1. The Bertz CT molecular complexity index is 1050. The lowest BCUT2D eigenvalue weighted by atomic mass is 9.51. The zero-order chi connectivity index (χ0) is 25.5. The summed E-state index contributed by atoms with van der Waals surface area (Å²) in [6.45, 7) is 5.59. The SMILES string of the molecule is [B]P(C)[C@]1(O)CC[C@H]2[C@@H]3CC[C@@]4(O)CC5(CCC4=C3[C@@H](c3ccc(N(C)C)cc3)C[C@@]21C)OCCO5. The van der Waals surface area contributed by atoms with Crippen LogP contribution >= 0.6 is 7.80 Å². The molecular weight excluding hydrogens is 468 g/mol. The number of aliphatic hydroxyl groups is 2. The summed E-state index contributed by atoms with van der Waals surface area (Å²) in [5.41, 5.74) is 4.07. The second kappa shape index (κ2) is 8.55. The molecule has 1 heterocycles. The Hall–Kier alpha value is -0.905. The summed E-state index contributed by atoms with van der Waals surface area (Å²) in [5.74, 6) is 0.327. The molecule has 7 heteroatoms. The molecule has 36 heavy (non-hydrogen) atoms. The zero-order valence-corrected chi connectivity index (χ0v) is 23.2. The van der Waals surface area contributed by atoms with Crippen molar-refractivity contribution in [3.8, 4) is 0 Å². The fourth-order valence-corrected chi connectivity index (χ4v) is 10.4. The van der Waals surface area contributed by atoms with Gasteiger partial charge in [0.15, 0.2) is 5.79 Å². The topological polar surface area (TPSA) is 62.2 Å². The van der Waals surface area contributed by atoms with Crippen molar-refractivity contribution in [1.82, 2.24) is 0 Å². The Morgan fingerprint density at radius 3 is 2.36 bits per heavy atom. The van der Waals surface area contributed by atoms with Crippen LogP contribution in [-0.2, 0) is 9.47 Å². The molecule has 1 aromatic carbocycles. The largest absolute Gasteiger partial charge is 0.386 e. The van der Waals surface area contributed by atoms with Gasteiger partial charge in [-0.1, -0.05) is 31.3 Å². The van der Waals surface area contributed by atoms with E-state index in [0.717, 1.165) is 44.9 Å². The lowest BCUT2D eigenvalue weighted by molar-refractivity contribution is -0.208. The first-order chi connectivity index (χ1) is 17.0. The van der Waals surface area contributed by atoms with E-state index < -0.39 is 24.5 Å². The van der Waals surface area contributed by atoms with Gasteiger partial charge in [-0.25, -0.2) is 0 Å². The highest BCUT2D eigenvalue weighted by Crippen LogP contribution is 2.72. The van der Waals surface area contributed by atoms with Gasteiger partial charge < -0.3 is 24.6 Å². The van der Waals surface area contributed by atoms with E-state index >= 15 is 0 Å². The summed E-state index contributed by atoms with van der Waals surface area (Å²) in [4.78, 5) is 2.13. The van der Waals surface area contributed by atoms with Crippen molar-refractivity contribution in [2.24, 2.45) is 17.3 Å². The van der Waals surface area contributed by atoms with E-state index in [-0.39, 0.29) is 11.3 Å². The number of allylic oxidation sites excluding steroid dienone is 1. The standard InChI is InChI=1S/C29H41BNO4P/c1-26-17-22(19-5-7-20(8-6-19)31(2)3)25-21(23(26)11-14-29(26,33)36(4)30)9-12-27(32)18-28(13-10-24(25)27)34-15-16-35-28/h5-8,21-23,32-33H,9-18H2,1-4H3/t21-,22+,23-,26-,27+,29+,36?/m0/s1. The van der Waals surface area contributed by atoms with Crippen molar-refractivity contribution < 1.29 is 19.7 Å². The van der Waals surface area contributed by atoms with Gasteiger partial charge in [-0.15, -0.1) is 7.80 Å². The first-order valence-electron chi connectivity index (χ1n) is 13.7. The molecule has 194 valence electrons. The number of hydrogen-bond donors (Lipinski definition) is 2. The van der Waals surface area contributed by atoms with Crippen LogP contribution in [0.5, 0.6) is 0 Å². The number of anilines is 1. The van der Waals surface area contributed by atoms with Crippen LogP contribution in [0.1, 0.15) is 69.8 Å². The molecule has 5 nitrogen and oxygen atoms in total. The fraction of sp³-hybridized carbons (Fsp3) is 0.724. The molecule has 0 aromatic heterocycles. The van der Waals surface area contributed by atoms with Crippen LogP contribution in [0.25, 0.3) is 0 Å². The molecule has 6 rings (SSSR count). The number of hydrogen-bond acceptors (Lipinski definition) is 5. The first kappa shape index (κ1) is 25.4. The van der Waals surface area contributed by atoms with E-state index in [4.69, 9.17) is 17.0 Å². The van der Waals surface area contributed by atoms with Gasteiger partial charge in [0, 0.05) is 44.0 Å². The Morgan fingerprint density at radius 1 is 1.03 bits per heavy atom. The van der Waals surface area contributed by atoms with Crippen LogP contribution in [0.3, 0.4) is 0 Å². The molecule has 0 amide bonds. The highest BCUT2D eigenvalue weighted by molar-refractivity contribution is 7.82. The molecule has 1 spiro atoms. The summed E-state index contributed by atoms with van der Waals surface area (Å²) in [6, 6.07) is 8.93. The van der Waals surface area contributed by atoms with Gasteiger partial charge in [0.25, 0.3) is 0 Å². The predicted molar refractivity (Wildman–Crippen MR) is 146 cm³/mol. The Morgan fingerprint density at radius 2 is 1.72 bits per heavy atom. The summed E-state index contributed by atoms with van der Waals surface area (Å²) >= 11 is 0. The van der Waals surface area contributed by atoms with E-state index in [2.05, 4.69) is 50.2 Å². The molecule has 4 fully saturated rings. The number of ether oxygens (including phenoxy) is 2. The van der Waals surface area contributed by atoms with Crippen LogP contribution in [0.15, 0.2) is 35.4 Å². The van der Waals surface area contributed by atoms with E-state index in [1.54, 1.807) is 0 Å². The van der Waals surface area contributed by atoms with Gasteiger partial charge in [0.2, 0.25) is 0 Å². The normalized spacial score (nSPS) is 42.1. The Balaban J connectivity index is 1.48. The molecule has 0 bridgehead atoms. The molecule has 7 atom stereocenters.